The summed E-state index contributed by atoms with van der Waals surface area (Å²) < 4.78 is 19.0. The van der Waals surface area contributed by atoms with E-state index in [1.165, 1.54) is 7.11 Å². The number of fused-ring (bicyclic) bond motifs is 1. The number of anilines is 2. The van der Waals surface area contributed by atoms with Crippen LogP contribution in [0.15, 0.2) is 36.4 Å². The van der Waals surface area contributed by atoms with E-state index in [9.17, 15) is 4.21 Å². The average Bonchev–Trinajstić information content (AvgIpc) is 2.40. The van der Waals surface area contributed by atoms with Gasteiger partial charge in [0.05, 0.1) is 12.8 Å². The summed E-state index contributed by atoms with van der Waals surface area (Å²) in [5, 5.41) is 5.42. The molecule has 2 aromatic rings. The van der Waals surface area contributed by atoms with Gasteiger partial charge in [0.2, 0.25) is 0 Å². The van der Waals surface area contributed by atoms with Gasteiger partial charge in [0.1, 0.15) is 0 Å². The number of hydrogen-bond donors (Lipinski definition) is 2. The van der Waals surface area contributed by atoms with E-state index in [1.54, 1.807) is 0 Å². The predicted molar refractivity (Wildman–Crippen MR) is 76.9 cm³/mol. The van der Waals surface area contributed by atoms with Crippen molar-refractivity contribution in [3.63, 3.8) is 0 Å². The van der Waals surface area contributed by atoms with E-state index in [-0.39, 0.29) is 0 Å². The molecule has 0 aliphatic rings. The zero-order valence-corrected chi connectivity index (χ0v) is 11.2. The maximum Gasteiger partial charge on any atom is 0.261 e. The third kappa shape index (κ3) is 2.63. The minimum absolute atomic E-state index is 0.799. The zero-order valence-electron chi connectivity index (χ0n) is 10.4. The molecule has 1 unspecified atom stereocenters. The van der Waals surface area contributed by atoms with E-state index < -0.39 is 11.3 Å². The van der Waals surface area contributed by atoms with Crippen LogP contribution in [0.4, 0.5) is 11.4 Å². The Labute approximate surface area is 109 Å². The first-order valence-electron chi connectivity index (χ1n) is 5.74. The standard InChI is InChI=1S/C13H16N2O2S/c1-3-14-12-8-4-7-11-10(12)6-5-9-13(11)15-18(16)17-2/h4-9,14-15H,3H2,1-2H3. The van der Waals surface area contributed by atoms with Crippen molar-refractivity contribution in [1.29, 1.82) is 0 Å². The molecule has 18 heavy (non-hydrogen) atoms. The number of nitrogens with one attached hydrogen (secondary N) is 2. The maximum atomic E-state index is 11.4. The fraction of sp³-hybridized carbons (Fsp3) is 0.231. The van der Waals surface area contributed by atoms with Crippen LogP contribution in [0.2, 0.25) is 0 Å². The SMILES string of the molecule is CCNc1cccc2c(NS(=O)OC)cccc12. The van der Waals surface area contributed by atoms with Gasteiger partial charge in [0.15, 0.2) is 0 Å². The first-order valence-corrected chi connectivity index (χ1v) is 6.82. The third-order valence-electron chi connectivity index (χ3n) is 2.63. The van der Waals surface area contributed by atoms with Gasteiger partial charge in [0, 0.05) is 23.0 Å². The lowest BCUT2D eigenvalue weighted by molar-refractivity contribution is 0.449. The lowest BCUT2D eigenvalue weighted by Crippen LogP contribution is -2.06. The second-order valence-corrected chi connectivity index (χ2v) is 4.75. The van der Waals surface area contributed by atoms with Gasteiger partial charge >= 0.3 is 0 Å². The lowest BCUT2D eigenvalue weighted by Gasteiger charge is -2.11. The van der Waals surface area contributed by atoms with Gasteiger partial charge in [0.25, 0.3) is 11.3 Å². The van der Waals surface area contributed by atoms with E-state index in [2.05, 4.69) is 17.0 Å². The highest BCUT2D eigenvalue weighted by molar-refractivity contribution is 7.81. The number of hydrogen-bond acceptors (Lipinski definition) is 3. The molecule has 0 amide bonds. The Morgan fingerprint density at radius 2 is 1.72 bits per heavy atom. The normalized spacial score (nSPS) is 12.3. The molecule has 0 bridgehead atoms. The van der Waals surface area contributed by atoms with Crippen LogP contribution in [0, 0.1) is 0 Å². The summed E-state index contributed by atoms with van der Waals surface area (Å²) in [6.45, 7) is 2.92. The monoisotopic (exact) mass is 264 g/mol. The Balaban J connectivity index is 2.49. The highest BCUT2D eigenvalue weighted by atomic mass is 32.2. The molecule has 0 aliphatic carbocycles. The molecular weight excluding hydrogens is 248 g/mol. The van der Waals surface area contributed by atoms with Gasteiger partial charge in [-0.25, -0.2) is 4.21 Å². The topological polar surface area (TPSA) is 50.4 Å². The average molecular weight is 264 g/mol. The maximum absolute atomic E-state index is 11.4. The lowest BCUT2D eigenvalue weighted by atomic mass is 10.1. The van der Waals surface area contributed by atoms with Crippen molar-refractivity contribution >= 4 is 33.4 Å². The highest BCUT2D eigenvalue weighted by Gasteiger charge is 2.06. The molecule has 96 valence electrons. The first kappa shape index (κ1) is 12.9. The van der Waals surface area contributed by atoms with Crippen molar-refractivity contribution in [3.8, 4) is 0 Å². The fourth-order valence-electron chi connectivity index (χ4n) is 1.88. The minimum Gasteiger partial charge on any atom is -0.385 e. The molecular formula is C13H16N2O2S. The molecule has 2 aromatic carbocycles. The van der Waals surface area contributed by atoms with Crippen LogP contribution in [-0.2, 0) is 15.4 Å². The molecule has 0 aromatic heterocycles. The smallest absolute Gasteiger partial charge is 0.261 e. The van der Waals surface area contributed by atoms with Crippen LogP contribution < -0.4 is 10.0 Å². The summed E-state index contributed by atoms with van der Waals surface area (Å²) in [4.78, 5) is 0. The quantitative estimate of drug-likeness (QED) is 0.873. The van der Waals surface area contributed by atoms with Crippen molar-refractivity contribution in [2.75, 3.05) is 23.7 Å². The molecule has 2 rings (SSSR count). The molecule has 0 radical (unpaired) electrons. The van der Waals surface area contributed by atoms with E-state index in [4.69, 9.17) is 4.18 Å². The largest absolute Gasteiger partial charge is 0.385 e. The molecule has 0 saturated carbocycles. The Bertz CT molecular complexity index is 572. The van der Waals surface area contributed by atoms with Crippen LogP contribution in [0.5, 0.6) is 0 Å². The van der Waals surface area contributed by atoms with E-state index >= 15 is 0 Å². The van der Waals surface area contributed by atoms with Crippen molar-refractivity contribution in [1.82, 2.24) is 0 Å². The molecule has 0 heterocycles. The molecule has 2 N–H and O–H groups in total. The number of benzene rings is 2. The van der Waals surface area contributed by atoms with Crippen LogP contribution in [-0.4, -0.2) is 17.9 Å². The molecule has 1 atom stereocenters. The van der Waals surface area contributed by atoms with Crippen molar-refractivity contribution in [2.24, 2.45) is 0 Å². The van der Waals surface area contributed by atoms with Crippen LogP contribution in [0.3, 0.4) is 0 Å². The van der Waals surface area contributed by atoms with Gasteiger partial charge < -0.3 is 5.32 Å². The first-order chi connectivity index (χ1) is 8.76. The van der Waals surface area contributed by atoms with Gasteiger partial charge in [-0.2, -0.15) is 0 Å². The summed E-state index contributed by atoms with van der Waals surface area (Å²) in [5.41, 5.74) is 1.87. The van der Waals surface area contributed by atoms with E-state index in [0.717, 1.165) is 28.7 Å². The molecule has 0 fully saturated rings. The van der Waals surface area contributed by atoms with Crippen molar-refractivity contribution < 1.29 is 8.39 Å². The molecule has 4 nitrogen and oxygen atoms in total. The summed E-state index contributed by atoms with van der Waals surface area (Å²) in [6.07, 6.45) is 0. The summed E-state index contributed by atoms with van der Waals surface area (Å²) >= 11 is -1.51. The molecule has 0 aliphatic heterocycles. The van der Waals surface area contributed by atoms with Gasteiger partial charge in [-0.1, -0.05) is 24.3 Å². The van der Waals surface area contributed by atoms with Crippen LogP contribution in [0.1, 0.15) is 6.92 Å². The predicted octanol–water partition coefficient (Wildman–Crippen LogP) is 2.91. The van der Waals surface area contributed by atoms with Crippen molar-refractivity contribution in [3.05, 3.63) is 36.4 Å². The summed E-state index contributed by atoms with van der Waals surface area (Å²) in [6, 6.07) is 11.8. The van der Waals surface area contributed by atoms with Gasteiger partial charge in [-0.05, 0) is 19.1 Å². The van der Waals surface area contributed by atoms with E-state index in [0.29, 0.717) is 0 Å². The van der Waals surface area contributed by atoms with Crippen LogP contribution in [0.25, 0.3) is 10.8 Å². The van der Waals surface area contributed by atoms with E-state index in [1.807, 2.05) is 36.4 Å². The fourth-order valence-corrected chi connectivity index (χ4v) is 2.32. The van der Waals surface area contributed by atoms with Crippen molar-refractivity contribution in [2.45, 2.75) is 6.92 Å². The van der Waals surface area contributed by atoms with Crippen LogP contribution >= 0.6 is 0 Å². The Morgan fingerprint density at radius 1 is 1.11 bits per heavy atom. The Hall–Kier alpha value is -1.59. The second-order valence-electron chi connectivity index (χ2n) is 3.74. The zero-order chi connectivity index (χ0) is 13.0. The molecule has 5 heteroatoms. The molecule has 0 spiro atoms. The Morgan fingerprint density at radius 3 is 2.33 bits per heavy atom. The summed E-state index contributed by atoms with van der Waals surface area (Å²) in [5.74, 6) is 0. The Kier molecular flexibility index (Phi) is 4.17. The van der Waals surface area contributed by atoms with Gasteiger partial charge in [-0.3, -0.25) is 8.91 Å². The molecule has 0 saturated heterocycles. The third-order valence-corrected chi connectivity index (χ3v) is 3.32. The minimum atomic E-state index is -1.51. The van der Waals surface area contributed by atoms with Gasteiger partial charge in [-0.15, -0.1) is 0 Å². The summed E-state index contributed by atoms with van der Waals surface area (Å²) in [7, 11) is 1.40. The number of rotatable bonds is 5. The highest BCUT2D eigenvalue weighted by Crippen LogP contribution is 2.29. The second kappa shape index (κ2) is 5.84.